The molecule has 0 aliphatic heterocycles. The van der Waals surface area contributed by atoms with Gasteiger partial charge >= 0.3 is 0 Å². The molecule has 1 heterocycles. The molecule has 2 rings (SSSR count). The second kappa shape index (κ2) is 4.13. The third kappa shape index (κ3) is 2.34. The number of benzene rings is 1. The smallest absolute Gasteiger partial charge is 0.0352 e. The van der Waals surface area contributed by atoms with E-state index in [9.17, 15) is 0 Å². The van der Waals surface area contributed by atoms with Gasteiger partial charge in [0.15, 0.2) is 0 Å². The molecule has 2 heteroatoms. The van der Waals surface area contributed by atoms with Gasteiger partial charge in [-0.05, 0) is 35.7 Å². The van der Waals surface area contributed by atoms with Crippen LogP contribution in [0.5, 0.6) is 0 Å². The van der Waals surface area contributed by atoms with Gasteiger partial charge in [-0.3, -0.25) is 4.98 Å². The van der Waals surface area contributed by atoms with E-state index in [2.05, 4.69) is 23.2 Å². The molecule has 1 aromatic carbocycles. The highest BCUT2D eigenvalue weighted by Gasteiger charge is 2.00. The number of hydrogen-bond acceptors (Lipinski definition) is 2. The fourth-order valence-electron chi connectivity index (χ4n) is 1.60. The molecule has 0 radical (unpaired) electrons. The number of rotatable bonds is 2. The van der Waals surface area contributed by atoms with Gasteiger partial charge in [0.05, 0.1) is 0 Å². The zero-order valence-corrected chi connectivity index (χ0v) is 8.77. The zero-order chi connectivity index (χ0) is 10.7. The van der Waals surface area contributed by atoms with Crippen LogP contribution >= 0.6 is 0 Å². The molecule has 76 valence electrons. The Morgan fingerprint density at radius 1 is 1.27 bits per heavy atom. The van der Waals surface area contributed by atoms with Gasteiger partial charge in [-0.25, -0.2) is 0 Å². The van der Waals surface area contributed by atoms with Gasteiger partial charge in [0.1, 0.15) is 0 Å². The molecule has 0 atom stereocenters. The number of nitrogen functional groups attached to an aromatic ring is 1. The second-order valence-corrected chi connectivity index (χ2v) is 3.74. The van der Waals surface area contributed by atoms with Gasteiger partial charge in [-0.2, -0.15) is 0 Å². The first-order valence-corrected chi connectivity index (χ1v) is 4.99. The van der Waals surface area contributed by atoms with Crippen molar-refractivity contribution in [2.24, 2.45) is 0 Å². The van der Waals surface area contributed by atoms with Crippen LogP contribution in [0.15, 0.2) is 42.7 Å². The first kappa shape index (κ1) is 9.71. The summed E-state index contributed by atoms with van der Waals surface area (Å²) in [5.41, 5.74) is 10.4. The normalized spacial score (nSPS) is 10.2. The predicted octanol–water partition coefficient (Wildman–Crippen LogP) is 2.56. The molecule has 2 aromatic rings. The lowest BCUT2D eigenvalue weighted by molar-refractivity contribution is 1.14. The van der Waals surface area contributed by atoms with E-state index in [4.69, 9.17) is 5.73 Å². The number of hydrogen-bond donors (Lipinski definition) is 1. The average Bonchev–Trinajstić information content (AvgIpc) is 2.24. The van der Waals surface area contributed by atoms with Crippen molar-refractivity contribution in [2.45, 2.75) is 13.3 Å². The summed E-state index contributed by atoms with van der Waals surface area (Å²) < 4.78 is 0. The van der Waals surface area contributed by atoms with Crippen LogP contribution < -0.4 is 5.73 Å². The van der Waals surface area contributed by atoms with Gasteiger partial charge < -0.3 is 5.73 Å². The maximum Gasteiger partial charge on any atom is 0.0352 e. The van der Waals surface area contributed by atoms with Gasteiger partial charge in [-0.1, -0.05) is 18.2 Å². The molecular formula is C13H14N2. The molecule has 0 saturated carbocycles. The summed E-state index contributed by atoms with van der Waals surface area (Å²) in [6.07, 6.45) is 4.50. The maximum atomic E-state index is 5.95. The summed E-state index contributed by atoms with van der Waals surface area (Å²) in [5, 5.41) is 0. The van der Waals surface area contributed by atoms with Crippen LogP contribution in [-0.4, -0.2) is 4.98 Å². The Kier molecular flexibility index (Phi) is 2.68. The molecule has 0 unspecified atom stereocenters. The van der Waals surface area contributed by atoms with E-state index in [1.54, 1.807) is 6.20 Å². The molecule has 1 aromatic heterocycles. The second-order valence-electron chi connectivity index (χ2n) is 3.74. The predicted molar refractivity (Wildman–Crippen MR) is 62.6 cm³/mol. The van der Waals surface area contributed by atoms with Crippen molar-refractivity contribution in [2.75, 3.05) is 5.73 Å². The first-order chi connectivity index (χ1) is 7.25. The van der Waals surface area contributed by atoms with Crippen LogP contribution in [-0.2, 0) is 6.42 Å². The van der Waals surface area contributed by atoms with E-state index in [0.717, 1.165) is 17.7 Å². The number of nitrogens with two attached hydrogens (primary N) is 1. The standard InChI is InChI=1S/C13H14N2/c1-10-4-5-12(13(14)7-10)8-11-3-2-6-15-9-11/h2-7,9H,8,14H2,1H3. The molecule has 0 spiro atoms. The van der Waals surface area contributed by atoms with Crippen LogP contribution in [0.2, 0.25) is 0 Å². The Balaban J connectivity index is 2.25. The monoisotopic (exact) mass is 198 g/mol. The largest absolute Gasteiger partial charge is 0.398 e. The summed E-state index contributed by atoms with van der Waals surface area (Å²) in [6.45, 7) is 2.05. The summed E-state index contributed by atoms with van der Waals surface area (Å²) in [4.78, 5) is 4.09. The van der Waals surface area contributed by atoms with Crippen molar-refractivity contribution in [3.8, 4) is 0 Å². The zero-order valence-electron chi connectivity index (χ0n) is 8.77. The van der Waals surface area contributed by atoms with Crippen LogP contribution in [0.1, 0.15) is 16.7 Å². The molecule has 0 amide bonds. The number of aromatic nitrogens is 1. The van der Waals surface area contributed by atoms with E-state index in [0.29, 0.717) is 0 Å². The first-order valence-electron chi connectivity index (χ1n) is 4.99. The average molecular weight is 198 g/mol. The lowest BCUT2D eigenvalue weighted by Gasteiger charge is -2.06. The van der Waals surface area contributed by atoms with Crippen molar-refractivity contribution in [1.82, 2.24) is 4.98 Å². The number of pyridine rings is 1. The van der Waals surface area contributed by atoms with Crippen LogP contribution in [0.25, 0.3) is 0 Å². The van der Waals surface area contributed by atoms with Gasteiger partial charge in [0, 0.05) is 24.5 Å². The molecular weight excluding hydrogens is 184 g/mol. The van der Waals surface area contributed by atoms with E-state index < -0.39 is 0 Å². The van der Waals surface area contributed by atoms with Gasteiger partial charge in [-0.15, -0.1) is 0 Å². The third-order valence-electron chi connectivity index (χ3n) is 2.42. The fourth-order valence-corrected chi connectivity index (χ4v) is 1.60. The topological polar surface area (TPSA) is 38.9 Å². The molecule has 0 bridgehead atoms. The van der Waals surface area contributed by atoms with Crippen molar-refractivity contribution < 1.29 is 0 Å². The van der Waals surface area contributed by atoms with Crippen LogP contribution in [0.3, 0.4) is 0 Å². The summed E-state index contributed by atoms with van der Waals surface area (Å²) in [7, 11) is 0. The molecule has 0 saturated heterocycles. The lowest BCUT2D eigenvalue weighted by Crippen LogP contribution is -1.96. The van der Waals surface area contributed by atoms with Gasteiger partial charge in [0.25, 0.3) is 0 Å². The minimum Gasteiger partial charge on any atom is -0.398 e. The molecule has 2 N–H and O–H groups in total. The maximum absolute atomic E-state index is 5.95. The highest BCUT2D eigenvalue weighted by atomic mass is 14.6. The van der Waals surface area contributed by atoms with Crippen molar-refractivity contribution in [3.05, 3.63) is 59.4 Å². The minimum absolute atomic E-state index is 0.847. The molecule has 15 heavy (non-hydrogen) atoms. The Morgan fingerprint density at radius 2 is 2.13 bits per heavy atom. The molecule has 0 aliphatic rings. The summed E-state index contributed by atoms with van der Waals surface area (Å²) >= 11 is 0. The number of nitrogens with zero attached hydrogens (tertiary/aromatic N) is 1. The third-order valence-corrected chi connectivity index (χ3v) is 2.42. The SMILES string of the molecule is Cc1ccc(Cc2cccnc2)c(N)c1. The van der Waals surface area contributed by atoms with Crippen LogP contribution in [0.4, 0.5) is 5.69 Å². The Bertz CT molecular complexity index is 449. The Hall–Kier alpha value is -1.83. The lowest BCUT2D eigenvalue weighted by atomic mass is 10.0. The van der Waals surface area contributed by atoms with E-state index in [1.807, 2.05) is 25.3 Å². The highest BCUT2D eigenvalue weighted by Crippen LogP contribution is 2.17. The van der Waals surface area contributed by atoms with Crippen molar-refractivity contribution in [1.29, 1.82) is 0 Å². The van der Waals surface area contributed by atoms with E-state index in [1.165, 1.54) is 11.1 Å². The van der Waals surface area contributed by atoms with E-state index in [-0.39, 0.29) is 0 Å². The summed E-state index contributed by atoms with van der Waals surface area (Å²) in [6, 6.07) is 10.2. The van der Waals surface area contributed by atoms with Gasteiger partial charge in [0.2, 0.25) is 0 Å². The van der Waals surface area contributed by atoms with Crippen molar-refractivity contribution >= 4 is 5.69 Å². The number of anilines is 1. The molecule has 2 nitrogen and oxygen atoms in total. The summed E-state index contributed by atoms with van der Waals surface area (Å²) in [5.74, 6) is 0. The molecule has 0 aliphatic carbocycles. The highest BCUT2D eigenvalue weighted by molar-refractivity contribution is 5.50. The minimum atomic E-state index is 0.847. The fraction of sp³-hybridized carbons (Fsp3) is 0.154. The quantitative estimate of drug-likeness (QED) is 0.753. The Morgan fingerprint density at radius 3 is 2.80 bits per heavy atom. The van der Waals surface area contributed by atoms with Crippen molar-refractivity contribution in [3.63, 3.8) is 0 Å². The van der Waals surface area contributed by atoms with E-state index >= 15 is 0 Å². The number of aryl methyl sites for hydroxylation is 1. The Labute approximate surface area is 89.8 Å². The molecule has 0 fully saturated rings. The van der Waals surface area contributed by atoms with Crippen LogP contribution in [0, 0.1) is 6.92 Å².